The Bertz CT molecular complexity index is 643. The summed E-state index contributed by atoms with van der Waals surface area (Å²) >= 11 is 6.10. The van der Waals surface area contributed by atoms with Crippen molar-refractivity contribution in [3.8, 4) is 0 Å². The van der Waals surface area contributed by atoms with E-state index in [2.05, 4.69) is 0 Å². The van der Waals surface area contributed by atoms with Crippen LogP contribution in [0.4, 0.5) is 10.1 Å². The molecule has 2 rings (SSSR count). The number of halogens is 2. The molecule has 2 aromatic carbocycles. The van der Waals surface area contributed by atoms with Gasteiger partial charge in [-0.15, -0.1) is 0 Å². The molecule has 5 heteroatoms. The quantitative estimate of drug-likeness (QED) is 0.670. The average molecular weight is 292 g/mol. The molecule has 0 spiro atoms. The molecular formula is C15H15ClFN3. The highest BCUT2D eigenvalue weighted by Crippen LogP contribution is 2.23. The number of amidine groups is 1. The van der Waals surface area contributed by atoms with Crippen molar-refractivity contribution in [3.05, 3.63) is 64.4 Å². The fourth-order valence-corrected chi connectivity index (χ4v) is 2.15. The van der Waals surface area contributed by atoms with E-state index in [1.165, 1.54) is 6.07 Å². The summed E-state index contributed by atoms with van der Waals surface area (Å²) in [6, 6.07) is 12.0. The van der Waals surface area contributed by atoms with E-state index in [1.807, 2.05) is 18.2 Å². The molecule has 0 radical (unpaired) electrons. The van der Waals surface area contributed by atoms with Crippen LogP contribution in [-0.4, -0.2) is 12.9 Å². The lowest BCUT2D eigenvalue weighted by atomic mass is 10.1. The van der Waals surface area contributed by atoms with Crippen molar-refractivity contribution in [2.24, 2.45) is 5.73 Å². The van der Waals surface area contributed by atoms with Gasteiger partial charge in [0.1, 0.15) is 11.7 Å². The van der Waals surface area contributed by atoms with E-state index < -0.39 is 5.82 Å². The zero-order valence-corrected chi connectivity index (χ0v) is 11.8. The predicted molar refractivity (Wildman–Crippen MR) is 81.0 cm³/mol. The van der Waals surface area contributed by atoms with Gasteiger partial charge in [0.25, 0.3) is 0 Å². The fourth-order valence-electron chi connectivity index (χ4n) is 1.95. The first kappa shape index (κ1) is 14.3. The van der Waals surface area contributed by atoms with Gasteiger partial charge in [0.15, 0.2) is 0 Å². The second-order valence-electron chi connectivity index (χ2n) is 4.53. The average Bonchev–Trinajstić information content (AvgIpc) is 2.41. The smallest absolute Gasteiger partial charge is 0.147 e. The van der Waals surface area contributed by atoms with E-state index in [-0.39, 0.29) is 5.84 Å². The largest absolute Gasteiger partial charge is 0.384 e. The Balaban J connectivity index is 2.23. The molecule has 20 heavy (non-hydrogen) atoms. The molecule has 0 saturated heterocycles. The van der Waals surface area contributed by atoms with Gasteiger partial charge in [-0.3, -0.25) is 5.41 Å². The molecule has 2 aromatic rings. The molecule has 104 valence electrons. The van der Waals surface area contributed by atoms with Gasteiger partial charge < -0.3 is 10.6 Å². The molecule has 0 aliphatic rings. The Kier molecular flexibility index (Phi) is 4.25. The number of rotatable bonds is 4. The summed E-state index contributed by atoms with van der Waals surface area (Å²) in [4.78, 5) is 1.76. The van der Waals surface area contributed by atoms with Crippen LogP contribution in [-0.2, 0) is 6.54 Å². The topological polar surface area (TPSA) is 53.1 Å². The van der Waals surface area contributed by atoms with E-state index in [9.17, 15) is 4.39 Å². The number of hydrogen-bond acceptors (Lipinski definition) is 2. The molecule has 0 heterocycles. The standard InChI is InChI=1S/C15H15ClFN3/c1-20(9-11-4-2-3-5-12(11)16)14-7-6-10(15(18)19)8-13(14)17/h2-8H,9H2,1H3,(H3,18,19). The van der Waals surface area contributed by atoms with Crippen molar-refractivity contribution >= 4 is 23.1 Å². The Labute approximate surface area is 122 Å². The minimum Gasteiger partial charge on any atom is -0.384 e. The van der Waals surface area contributed by atoms with Crippen molar-refractivity contribution in [2.75, 3.05) is 11.9 Å². The summed E-state index contributed by atoms with van der Waals surface area (Å²) in [5.41, 5.74) is 7.07. The van der Waals surface area contributed by atoms with Gasteiger partial charge in [-0.1, -0.05) is 29.8 Å². The zero-order valence-electron chi connectivity index (χ0n) is 11.0. The first-order chi connectivity index (χ1) is 9.49. The number of nitrogens with zero attached hydrogens (tertiary/aromatic N) is 1. The zero-order chi connectivity index (χ0) is 14.7. The summed E-state index contributed by atoms with van der Waals surface area (Å²) in [6.45, 7) is 0.496. The van der Waals surface area contributed by atoms with Crippen LogP contribution in [0.5, 0.6) is 0 Å². The third-order valence-electron chi connectivity index (χ3n) is 3.04. The van der Waals surface area contributed by atoms with Crippen LogP contribution in [0.1, 0.15) is 11.1 Å². The van der Waals surface area contributed by atoms with Crippen LogP contribution in [0.3, 0.4) is 0 Å². The molecule has 3 N–H and O–H groups in total. The minimum absolute atomic E-state index is 0.149. The molecule has 0 aliphatic heterocycles. The van der Waals surface area contributed by atoms with Gasteiger partial charge in [0, 0.05) is 24.2 Å². The lowest BCUT2D eigenvalue weighted by molar-refractivity contribution is 0.622. The van der Waals surface area contributed by atoms with Crippen LogP contribution in [0, 0.1) is 11.2 Å². The Morgan fingerprint density at radius 2 is 2.00 bits per heavy atom. The minimum atomic E-state index is -0.410. The van der Waals surface area contributed by atoms with Crippen LogP contribution in [0.25, 0.3) is 0 Å². The predicted octanol–water partition coefficient (Wildman–Crippen LogP) is 3.40. The monoisotopic (exact) mass is 291 g/mol. The summed E-state index contributed by atoms with van der Waals surface area (Å²) in [5, 5.41) is 7.95. The lowest BCUT2D eigenvalue weighted by Gasteiger charge is -2.21. The third kappa shape index (κ3) is 3.08. The second kappa shape index (κ2) is 5.92. The van der Waals surface area contributed by atoms with Crippen LogP contribution < -0.4 is 10.6 Å². The van der Waals surface area contributed by atoms with Crippen LogP contribution in [0.15, 0.2) is 42.5 Å². The highest BCUT2D eigenvalue weighted by Gasteiger charge is 2.11. The summed E-state index contributed by atoms with van der Waals surface area (Å²) in [6.07, 6.45) is 0. The first-order valence-electron chi connectivity index (χ1n) is 6.07. The van der Waals surface area contributed by atoms with Gasteiger partial charge in [0.2, 0.25) is 0 Å². The number of hydrogen-bond donors (Lipinski definition) is 2. The van der Waals surface area contributed by atoms with Gasteiger partial charge in [-0.25, -0.2) is 4.39 Å². The van der Waals surface area contributed by atoms with Gasteiger partial charge >= 0.3 is 0 Å². The summed E-state index contributed by atoms with van der Waals surface area (Å²) < 4.78 is 14.0. The molecule has 0 fully saturated rings. The number of benzene rings is 2. The van der Waals surface area contributed by atoms with Gasteiger partial charge in [-0.2, -0.15) is 0 Å². The molecule has 0 unspecified atom stereocenters. The number of nitrogens with two attached hydrogens (primary N) is 1. The van der Waals surface area contributed by atoms with E-state index in [1.54, 1.807) is 30.1 Å². The second-order valence-corrected chi connectivity index (χ2v) is 4.93. The first-order valence-corrected chi connectivity index (χ1v) is 6.45. The summed E-state index contributed by atoms with van der Waals surface area (Å²) in [5.74, 6) is -0.559. The Morgan fingerprint density at radius 1 is 1.30 bits per heavy atom. The van der Waals surface area contributed by atoms with Crippen molar-refractivity contribution in [3.63, 3.8) is 0 Å². The highest BCUT2D eigenvalue weighted by atomic mass is 35.5. The molecule has 3 nitrogen and oxygen atoms in total. The maximum Gasteiger partial charge on any atom is 0.147 e. The Hall–Kier alpha value is -2.07. The van der Waals surface area contributed by atoms with E-state index >= 15 is 0 Å². The van der Waals surface area contributed by atoms with Crippen molar-refractivity contribution in [1.29, 1.82) is 5.41 Å². The van der Waals surface area contributed by atoms with E-state index in [0.29, 0.717) is 22.8 Å². The number of anilines is 1. The van der Waals surface area contributed by atoms with Crippen molar-refractivity contribution < 1.29 is 4.39 Å². The maximum atomic E-state index is 14.0. The fraction of sp³-hybridized carbons (Fsp3) is 0.133. The highest BCUT2D eigenvalue weighted by molar-refractivity contribution is 6.31. The Morgan fingerprint density at radius 3 is 2.60 bits per heavy atom. The number of nitrogens with one attached hydrogen (secondary N) is 1. The molecular weight excluding hydrogens is 277 g/mol. The molecule has 0 bridgehead atoms. The van der Waals surface area contributed by atoms with Crippen molar-refractivity contribution in [2.45, 2.75) is 6.54 Å². The molecule has 0 aromatic heterocycles. The molecule has 0 atom stereocenters. The molecule has 0 saturated carbocycles. The third-order valence-corrected chi connectivity index (χ3v) is 3.40. The van der Waals surface area contributed by atoms with Crippen LogP contribution >= 0.6 is 11.6 Å². The van der Waals surface area contributed by atoms with Crippen molar-refractivity contribution in [1.82, 2.24) is 0 Å². The summed E-state index contributed by atoms with van der Waals surface area (Å²) in [7, 11) is 1.79. The van der Waals surface area contributed by atoms with E-state index in [4.69, 9.17) is 22.7 Å². The number of nitrogen functional groups attached to an aromatic ring is 1. The normalized spacial score (nSPS) is 10.3. The molecule has 0 aliphatic carbocycles. The lowest BCUT2D eigenvalue weighted by Crippen LogP contribution is -2.19. The molecule has 0 amide bonds. The van der Waals surface area contributed by atoms with Crippen LogP contribution in [0.2, 0.25) is 5.02 Å². The maximum absolute atomic E-state index is 14.0. The SMILES string of the molecule is CN(Cc1ccccc1Cl)c1ccc(C(=N)N)cc1F. The van der Waals surface area contributed by atoms with Gasteiger partial charge in [0.05, 0.1) is 5.69 Å². The van der Waals surface area contributed by atoms with E-state index in [0.717, 1.165) is 5.56 Å². The van der Waals surface area contributed by atoms with Gasteiger partial charge in [-0.05, 0) is 29.8 Å².